The first-order chi connectivity index (χ1) is 8.56. The Balaban J connectivity index is 3.34. The predicted molar refractivity (Wildman–Crippen MR) is 83.3 cm³/mol. The fourth-order valence-electron chi connectivity index (χ4n) is 2.51. The van der Waals surface area contributed by atoms with Gasteiger partial charge in [0, 0.05) is 0 Å². The van der Waals surface area contributed by atoms with Crippen molar-refractivity contribution in [1.29, 1.82) is 0 Å². The quantitative estimate of drug-likeness (QED) is 0.704. The molecule has 3 unspecified atom stereocenters. The highest BCUT2D eigenvalue weighted by Crippen LogP contribution is 2.35. The molecule has 1 aromatic rings. The van der Waals surface area contributed by atoms with Gasteiger partial charge in [0.05, 0.1) is 6.10 Å². The second-order valence-corrected chi connectivity index (χ2v) is 5.82. The van der Waals surface area contributed by atoms with Gasteiger partial charge in [0.15, 0.2) is 0 Å². The van der Waals surface area contributed by atoms with Crippen LogP contribution in [0.5, 0.6) is 0 Å². The molecule has 1 aromatic carbocycles. The van der Waals surface area contributed by atoms with Gasteiger partial charge in [0.2, 0.25) is 0 Å². The van der Waals surface area contributed by atoms with Crippen LogP contribution in [-0.2, 0) is 4.43 Å². The number of benzene rings is 1. The molecular weight excluding hydrogens is 236 g/mol. The molecule has 3 atom stereocenters. The van der Waals surface area contributed by atoms with Crippen molar-refractivity contribution in [3.63, 3.8) is 0 Å². The maximum absolute atomic E-state index is 5.68. The predicted octanol–water partition coefficient (Wildman–Crippen LogP) is 4.07. The summed E-state index contributed by atoms with van der Waals surface area (Å²) in [4.78, 5) is 0. The van der Waals surface area contributed by atoms with E-state index in [1.807, 2.05) is 0 Å². The monoisotopic (exact) mass is 264 g/mol. The summed E-state index contributed by atoms with van der Waals surface area (Å²) >= 11 is 0. The molecule has 0 spiro atoms. The minimum atomic E-state index is 0.240. The molecule has 18 heavy (non-hydrogen) atoms. The number of hydrogen-bond donors (Lipinski definition) is 0. The molecule has 0 saturated heterocycles. The van der Waals surface area contributed by atoms with Gasteiger partial charge in [-0.25, -0.2) is 0 Å². The molecule has 0 aromatic heterocycles. The Morgan fingerprint density at radius 3 is 2.06 bits per heavy atom. The third kappa shape index (κ3) is 3.24. The van der Waals surface area contributed by atoms with E-state index in [2.05, 4.69) is 52.8 Å². The smallest absolute Gasteiger partial charge is 0.146 e. The lowest BCUT2D eigenvalue weighted by atomic mass is 9.82. The molecule has 102 valence electrons. The van der Waals surface area contributed by atoms with Gasteiger partial charge in [0.1, 0.15) is 10.5 Å². The maximum atomic E-state index is 5.68. The molecule has 0 radical (unpaired) electrons. The second kappa shape index (κ2) is 7.10. The second-order valence-electron chi connectivity index (χ2n) is 5.35. The Bertz CT molecular complexity index is 347. The molecule has 0 heterocycles. The topological polar surface area (TPSA) is 9.23 Å². The first kappa shape index (κ1) is 15.5. The van der Waals surface area contributed by atoms with Crippen molar-refractivity contribution in [2.24, 2.45) is 0 Å². The van der Waals surface area contributed by atoms with Crippen molar-refractivity contribution < 1.29 is 4.43 Å². The van der Waals surface area contributed by atoms with Gasteiger partial charge in [-0.05, 0) is 48.3 Å². The number of hydrogen-bond acceptors (Lipinski definition) is 1. The summed E-state index contributed by atoms with van der Waals surface area (Å²) in [5.74, 6) is 1.25. The van der Waals surface area contributed by atoms with Crippen LogP contribution >= 0.6 is 0 Å². The van der Waals surface area contributed by atoms with Gasteiger partial charge in [-0.2, -0.15) is 0 Å². The summed E-state index contributed by atoms with van der Waals surface area (Å²) in [6, 6.07) is 6.74. The fraction of sp³-hybridized carbons (Fsp3) is 0.625. The molecule has 0 aliphatic heterocycles. The maximum Gasteiger partial charge on any atom is 0.146 e. The Hall–Kier alpha value is -0.603. The van der Waals surface area contributed by atoms with Crippen molar-refractivity contribution in [2.75, 3.05) is 0 Å². The summed E-state index contributed by atoms with van der Waals surface area (Å²) in [6.07, 6.45) is 2.63. The van der Waals surface area contributed by atoms with Crippen molar-refractivity contribution >= 4 is 10.5 Å². The molecule has 2 heteroatoms. The average molecular weight is 264 g/mol. The summed E-state index contributed by atoms with van der Waals surface area (Å²) < 4.78 is 5.68. The molecule has 0 fully saturated rings. The van der Waals surface area contributed by atoms with E-state index >= 15 is 0 Å². The standard InChI is InChI=1S/C16H28OSi/c1-6-11(3)14-9-8-10-15(13(5)17-18)16(14)12(4)7-2/h8-13H,6-7H2,1-5,18H3. The molecule has 0 aliphatic rings. The van der Waals surface area contributed by atoms with E-state index in [0.717, 1.165) is 10.5 Å². The highest BCUT2D eigenvalue weighted by molar-refractivity contribution is 5.98. The van der Waals surface area contributed by atoms with Crippen LogP contribution in [0, 0.1) is 0 Å². The minimum Gasteiger partial charge on any atom is -0.421 e. The Labute approximate surface area is 115 Å². The molecule has 0 saturated carbocycles. The Morgan fingerprint density at radius 2 is 1.56 bits per heavy atom. The molecule has 0 bridgehead atoms. The lowest BCUT2D eigenvalue weighted by Gasteiger charge is -2.25. The van der Waals surface area contributed by atoms with E-state index in [9.17, 15) is 0 Å². The SMILES string of the molecule is CCC(C)c1cccc(C(C)O[SiH3])c1C(C)CC. The molecular formula is C16H28OSi. The minimum absolute atomic E-state index is 0.240. The van der Waals surface area contributed by atoms with Crippen LogP contribution < -0.4 is 0 Å². The summed E-state index contributed by atoms with van der Waals surface area (Å²) in [5, 5.41) is 0. The van der Waals surface area contributed by atoms with Gasteiger partial charge in [-0.3, -0.25) is 0 Å². The van der Waals surface area contributed by atoms with E-state index in [1.165, 1.54) is 29.5 Å². The van der Waals surface area contributed by atoms with E-state index in [-0.39, 0.29) is 6.10 Å². The first-order valence-corrected chi connectivity index (χ1v) is 8.03. The van der Waals surface area contributed by atoms with Crippen molar-refractivity contribution in [1.82, 2.24) is 0 Å². The van der Waals surface area contributed by atoms with Crippen LogP contribution in [0.4, 0.5) is 0 Å². The summed E-state index contributed by atoms with van der Waals surface area (Å²) in [6.45, 7) is 11.4. The van der Waals surface area contributed by atoms with Crippen LogP contribution in [0.1, 0.15) is 82.1 Å². The van der Waals surface area contributed by atoms with Gasteiger partial charge < -0.3 is 4.43 Å². The van der Waals surface area contributed by atoms with Crippen LogP contribution in [0.2, 0.25) is 0 Å². The zero-order valence-corrected chi connectivity index (χ0v) is 14.8. The van der Waals surface area contributed by atoms with Gasteiger partial charge in [0.25, 0.3) is 0 Å². The number of rotatable bonds is 6. The van der Waals surface area contributed by atoms with E-state index in [0.29, 0.717) is 11.8 Å². The van der Waals surface area contributed by atoms with Crippen LogP contribution in [0.25, 0.3) is 0 Å². The fourth-order valence-corrected chi connectivity index (χ4v) is 2.76. The van der Waals surface area contributed by atoms with Gasteiger partial charge >= 0.3 is 0 Å². The normalized spacial score (nSPS) is 16.5. The van der Waals surface area contributed by atoms with Crippen molar-refractivity contribution in [3.8, 4) is 0 Å². The lowest BCUT2D eigenvalue weighted by Crippen LogP contribution is -2.09. The lowest BCUT2D eigenvalue weighted by molar-refractivity contribution is 0.248. The van der Waals surface area contributed by atoms with Gasteiger partial charge in [-0.15, -0.1) is 0 Å². The first-order valence-electron chi connectivity index (χ1n) is 7.22. The van der Waals surface area contributed by atoms with E-state index < -0.39 is 0 Å². The van der Waals surface area contributed by atoms with Crippen molar-refractivity contribution in [3.05, 3.63) is 34.9 Å². The largest absolute Gasteiger partial charge is 0.421 e. The molecule has 1 nitrogen and oxygen atoms in total. The third-order valence-electron chi connectivity index (χ3n) is 4.21. The summed E-state index contributed by atoms with van der Waals surface area (Å²) in [5.41, 5.74) is 4.46. The molecule has 0 amide bonds. The van der Waals surface area contributed by atoms with Gasteiger partial charge in [-0.1, -0.05) is 45.9 Å². The van der Waals surface area contributed by atoms with Crippen LogP contribution in [0.3, 0.4) is 0 Å². The zero-order chi connectivity index (χ0) is 13.7. The van der Waals surface area contributed by atoms with Crippen LogP contribution in [0.15, 0.2) is 18.2 Å². The third-order valence-corrected chi connectivity index (χ3v) is 4.92. The molecule has 1 rings (SSSR count). The Kier molecular flexibility index (Phi) is 6.10. The molecule has 0 aliphatic carbocycles. The summed E-state index contributed by atoms with van der Waals surface area (Å²) in [7, 11) is 0.798. The van der Waals surface area contributed by atoms with E-state index in [4.69, 9.17) is 4.43 Å². The Morgan fingerprint density at radius 1 is 1.00 bits per heavy atom. The van der Waals surface area contributed by atoms with Crippen molar-refractivity contribution in [2.45, 2.75) is 65.4 Å². The van der Waals surface area contributed by atoms with E-state index in [1.54, 1.807) is 0 Å². The highest BCUT2D eigenvalue weighted by atomic mass is 28.2. The van der Waals surface area contributed by atoms with Crippen LogP contribution in [-0.4, -0.2) is 10.5 Å². The zero-order valence-electron chi connectivity index (χ0n) is 12.8. The highest BCUT2D eigenvalue weighted by Gasteiger charge is 2.19. The average Bonchev–Trinajstić information content (AvgIpc) is 2.43. The molecule has 0 N–H and O–H groups in total.